The summed E-state index contributed by atoms with van der Waals surface area (Å²) in [4.78, 5) is 12.1. The predicted molar refractivity (Wildman–Crippen MR) is 75.4 cm³/mol. The topological polar surface area (TPSA) is 72.5 Å². The van der Waals surface area contributed by atoms with Crippen molar-refractivity contribution in [2.24, 2.45) is 0 Å². The zero-order valence-electron chi connectivity index (χ0n) is 11.1. The van der Waals surface area contributed by atoms with Crippen LogP contribution in [0.4, 0.5) is 0 Å². The van der Waals surface area contributed by atoms with E-state index in [9.17, 15) is 13.2 Å². The summed E-state index contributed by atoms with van der Waals surface area (Å²) in [5.74, 6) is -0.253. The number of hydrogen-bond donors (Lipinski definition) is 1. The minimum absolute atomic E-state index is 0.0251. The second kappa shape index (κ2) is 5.71. The van der Waals surface area contributed by atoms with E-state index in [0.717, 1.165) is 12.8 Å². The van der Waals surface area contributed by atoms with E-state index in [0.29, 0.717) is 18.8 Å². The van der Waals surface area contributed by atoms with Gasteiger partial charge in [0.15, 0.2) is 0 Å². The van der Waals surface area contributed by atoms with Crippen LogP contribution in [0.1, 0.15) is 30.1 Å². The van der Waals surface area contributed by atoms with Gasteiger partial charge in [-0.15, -0.1) is 0 Å². The van der Waals surface area contributed by atoms with Crippen LogP contribution in [0.25, 0.3) is 0 Å². The molecule has 1 N–H and O–H groups in total. The van der Waals surface area contributed by atoms with Crippen LogP contribution < -0.4 is 5.32 Å². The van der Waals surface area contributed by atoms with E-state index in [-0.39, 0.29) is 16.3 Å². The summed E-state index contributed by atoms with van der Waals surface area (Å²) in [5.41, 5.74) is 0.00731. The van der Waals surface area contributed by atoms with Crippen LogP contribution in [0, 0.1) is 0 Å². The molecule has 1 aliphatic heterocycles. The Labute approximate surface area is 122 Å². The van der Waals surface area contributed by atoms with Gasteiger partial charge in [0, 0.05) is 22.9 Å². The van der Waals surface area contributed by atoms with E-state index in [4.69, 9.17) is 15.4 Å². The first kappa shape index (κ1) is 15.3. The van der Waals surface area contributed by atoms with Crippen LogP contribution in [0.5, 0.6) is 0 Å². The summed E-state index contributed by atoms with van der Waals surface area (Å²) in [6.07, 6.45) is 1.76. The van der Waals surface area contributed by atoms with Crippen molar-refractivity contribution in [2.75, 3.05) is 13.2 Å². The lowest BCUT2D eigenvalue weighted by Crippen LogP contribution is -2.51. The molecule has 1 aromatic carbocycles. The number of rotatable bonds is 3. The Morgan fingerprint density at radius 2 is 2.00 bits per heavy atom. The zero-order chi connectivity index (χ0) is 14.8. The number of hydrogen-bond acceptors (Lipinski definition) is 4. The monoisotopic (exact) mass is 317 g/mol. The summed E-state index contributed by atoms with van der Waals surface area (Å²) < 4.78 is 27.6. The maximum atomic E-state index is 12.1. The number of ether oxygens (including phenoxy) is 1. The lowest BCUT2D eigenvalue weighted by molar-refractivity contribution is 0.0272. The third-order valence-electron chi connectivity index (χ3n) is 3.25. The van der Waals surface area contributed by atoms with Crippen LogP contribution in [0.2, 0.25) is 0 Å². The van der Waals surface area contributed by atoms with Gasteiger partial charge in [0.25, 0.3) is 15.0 Å². The zero-order valence-corrected chi connectivity index (χ0v) is 12.6. The third kappa shape index (κ3) is 3.71. The number of halogens is 1. The Bertz CT molecular complexity index is 591. The molecule has 1 heterocycles. The second-order valence-corrected chi connectivity index (χ2v) is 7.70. The average Bonchev–Trinajstić information content (AvgIpc) is 2.38. The molecule has 0 bridgehead atoms. The molecule has 0 aliphatic carbocycles. The normalized spacial score (nSPS) is 23.3. The standard InChI is InChI=1S/C13H16ClNO4S/c1-13(7-2-8-19-9-13)15-12(16)10-3-5-11(6-4-10)20(14,17)18/h3-6H,2,7-9H2,1H3,(H,15,16). The molecular weight excluding hydrogens is 302 g/mol. The van der Waals surface area contributed by atoms with Crippen molar-refractivity contribution in [3.63, 3.8) is 0 Å². The molecular formula is C13H16ClNO4S. The van der Waals surface area contributed by atoms with Gasteiger partial charge in [-0.2, -0.15) is 0 Å². The van der Waals surface area contributed by atoms with E-state index in [1.54, 1.807) is 0 Å². The lowest BCUT2D eigenvalue weighted by atomic mass is 9.94. The van der Waals surface area contributed by atoms with Crippen LogP contribution in [-0.4, -0.2) is 33.1 Å². The van der Waals surface area contributed by atoms with Crippen molar-refractivity contribution < 1.29 is 17.9 Å². The molecule has 5 nitrogen and oxygen atoms in total. The van der Waals surface area contributed by atoms with Crippen molar-refractivity contribution in [2.45, 2.75) is 30.2 Å². The first-order valence-electron chi connectivity index (χ1n) is 6.25. The predicted octanol–water partition coefficient (Wildman–Crippen LogP) is 1.91. The molecule has 20 heavy (non-hydrogen) atoms. The highest BCUT2D eigenvalue weighted by atomic mass is 35.7. The van der Waals surface area contributed by atoms with E-state index >= 15 is 0 Å². The van der Waals surface area contributed by atoms with Gasteiger partial charge in [0.1, 0.15) is 0 Å². The van der Waals surface area contributed by atoms with Gasteiger partial charge in [-0.3, -0.25) is 4.79 Å². The maximum absolute atomic E-state index is 12.1. The molecule has 0 spiro atoms. The molecule has 0 saturated carbocycles. The molecule has 0 radical (unpaired) electrons. The largest absolute Gasteiger partial charge is 0.379 e. The van der Waals surface area contributed by atoms with Crippen LogP contribution >= 0.6 is 10.7 Å². The summed E-state index contributed by atoms with van der Waals surface area (Å²) in [6, 6.07) is 5.52. The van der Waals surface area contributed by atoms with Gasteiger partial charge in [0.05, 0.1) is 17.0 Å². The minimum atomic E-state index is -3.76. The quantitative estimate of drug-likeness (QED) is 0.864. The number of benzene rings is 1. The first-order valence-corrected chi connectivity index (χ1v) is 8.56. The van der Waals surface area contributed by atoms with Gasteiger partial charge in [-0.05, 0) is 44.0 Å². The van der Waals surface area contributed by atoms with Crippen molar-refractivity contribution in [3.05, 3.63) is 29.8 Å². The van der Waals surface area contributed by atoms with Crippen LogP contribution in [0.15, 0.2) is 29.2 Å². The van der Waals surface area contributed by atoms with Gasteiger partial charge >= 0.3 is 0 Å². The number of carbonyl (C=O) groups is 1. The van der Waals surface area contributed by atoms with Crippen LogP contribution in [-0.2, 0) is 13.8 Å². The second-order valence-electron chi connectivity index (χ2n) is 5.13. The molecule has 1 amide bonds. The summed E-state index contributed by atoms with van der Waals surface area (Å²) in [5, 5.41) is 2.92. The molecule has 0 aromatic heterocycles. The fourth-order valence-corrected chi connectivity index (χ4v) is 2.92. The molecule has 1 unspecified atom stereocenters. The summed E-state index contributed by atoms with van der Waals surface area (Å²) in [7, 11) is 1.46. The molecule has 1 aromatic rings. The molecule has 1 atom stereocenters. The maximum Gasteiger partial charge on any atom is 0.261 e. The van der Waals surface area contributed by atoms with Gasteiger partial charge in [-0.25, -0.2) is 8.42 Å². The molecule has 2 rings (SSSR count). The molecule has 7 heteroatoms. The molecule has 110 valence electrons. The van der Waals surface area contributed by atoms with E-state index < -0.39 is 9.05 Å². The molecule has 1 fully saturated rings. The summed E-state index contributed by atoms with van der Waals surface area (Å²) in [6.45, 7) is 3.13. The SMILES string of the molecule is CC1(NC(=O)c2ccc(S(=O)(=O)Cl)cc2)CCCOC1. The number of carbonyl (C=O) groups excluding carboxylic acids is 1. The van der Waals surface area contributed by atoms with Crippen molar-refractivity contribution in [1.82, 2.24) is 5.32 Å². The van der Waals surface area contributed by atoms with E-state index in [1.807, 2.05) is 6.92 Å². The highest BCUT2D eigenvalue weighted by molar-refractivity contribution is 8.13. The Morgan fingerprint density at radius 3 is 2.50 bits per heavy atom. The van der Waals surface area contributed by atoms with Gasteiger partial charge in [-0.1, -0.05) is 0 Å². The molecule has 1 aliphatic rings. The Kier molecular flexibility index (Phi) is 4.36. The Hall–Kier alpha value is -1.11. The third-order valence-corrected chi connectivity index (χ3v) is 4.62. The Balaban J connectivity index is 2.09. The first-order chi connectivity index (χ1) is 9.30. The fraction of sp³-hybridized carbons (Fsp3) is 0.462. The van der Waals surface area contributed by atoms with Crippen molar-refractivity contribution in [1.29, 1.82) is 0 Å². The smallest absolute Gasteiger partial charge is 0.261 e. The van der Waals surface area contributed by atoms with Crippen molar-refractivity contribution >= 4 is 25.6 Å². The average molecular weight is 318 g/mol. The van der Waals surface area contributed by atoms with E-state index in [1.165, 1.54) is 24.3 Å². The minimum Gasteiger partial charge on any atom is -0.379 e. The summed E-state index contributed by atoms with van der Waals surface area (Å²) >= 11 is 0. The highest BCUT2D eigenvalue weighted by Gasteiger charge is 2.29. The van der Waals surface area contributed by atoms with Gasteiger partial charge in [0.2, 0.25) is 0 Å². The molecule has 1 saturated heterocycles. The van der Waals surface area contributed by atoms with Crippen molar-refractivity contribution in [3.8, 4) is 0 Å². The number of amides is 1. The highest BCUT2D eigenvalue weighted by Crippen LogP contribution is 2.20. The van der Waals surface area contributed by atoms with Crippen LogP contribution in [0.3, 0.4) is 0 Å². The Morgan fingerprint density at radius 1 is 1.35 bits per heavy atom. The number of nitrogens with one attached hydrogen (secondary N) is 1. The van der Waals surface area contributed by atoms with Gasteiger partial charge < -0.3 is 10.1 Å². The lowest BCUT2D eigenvalue weighted by Gasteiger charge is -2.34. The van der Waals surface area contributed by atoms with E-state index in [2.05, 4.69) is 5.32 Å². The fourth-order valence-electron chi connectivity index (χ4n) is 2.15.